The summed E-state index contributed by atoms with van der Waals surface area (Å²) in [6.07, 6.45) is 3.89. The van der Waals surface area contributed by atoms with Crippen molar-refractivity contribution in [3.8, 4) is 0 Å². The number of thioether (sulfide) groups is 1. The number of para-hydroxylation sites is 1. The molecule has 0 spiro atoms. The Kier molecular flexibility index (Phi) is 8.35. The zero-order valence-corrected chi connectivity index (χ0v) is 17.5. The SMILES string of the molecule is CSCC[C@H](N)C(=O)Nc1ccc(CC(=O)N2CCc3ccccc32)cc1.Cl. The molecule has 0 bridgehead atoms. The van der Waals surface area contributed by atoms with Gasteiger partial charge in [0.2, 0.25) is 11.8 Å². The number of nitrogens with zero attached hydrogens (tertiary/aromatic N) is 1. The Balaban J connectivity index is 0.00000280. The summed E-state index contributed by atoms with van der Waals surface area (Å²) >= 11 is 1.67. The zero-order valence-electron chi connectivity index (χ0n) is 15.9. The van der Waals surface area contributed by atoms with Crippen molar-refractivity contribution in [3.05, 3.63) is 59.7 Å². The lowest BCUT2D eigenvalue weighted by Crippen LogP contribution is -2.36. The Bertz CT molecular complexity index is 814. The van der Waals surface area contributed by atoms with Crippen LogP contribution in [0.4, 0.5) is 11.4 Å². The Hall–Kier alpha value is -2.02. The molecule has 0 radical (unpaired) electrons. The van der Waals surface area contributed by atoms with Crippen LogP contribution in [-0.4, -0.2) is 36.4 Å². The van der Waals surface area contributed by atoms with E-state index in [1.54, 1.807) is 11.8 Å². The quantitative estimate of drug-likeness (QED) is 0.722. The molecule has 150 valence electrons. The number of nitrogens with two attached hydrogens (primary N) is 1. The van der Waals surface area contributed by atoms with Crippen LogP contribution in [0.1, 0.15) is 17.5 Å². The molecule has 0 saturated heterocycles. The van der Waals surface area contributed by atoms with Crippen molar-refractivity contribution in [2.45, 2.75) is 25.3 Å². The van der Waals surface area contributed by atoms with E-state index in [0.717, 1.165) is 30.0 Å². The number of carbonyl (C=O) groups is 2. The van der Waals surface area contributed by atoms with Gasteiger partial charge in [-0.25, -0.2) is 0 Å². The number of nitrogens with one attached hydrogen (secondary N) is 1. The highest BCUT2D eigenvalue weighted by atomic mass is 35.5. The monoisotopic (exact) mass is 419 g/mol. The molecule has 0 aliphatic carbocycles. The van der Waals surface area contributed by atoms with Crippen LogP contribution in [0.3, 0.4) is 0 Å². The highest BCUT2D eigenvalue weighted by molar-refractivity contribution is 7.98. The minimum atomic E-state index is -0.506. The van der Waals surface area contributed by atoms with Crippen LogP contribution >= 0.6 is 24.2 Å². The fourth-order valence-corrected chi connectivity index (χ4v) is 3.67. The molecule has 2 aromatic rings. The van der Waals surface area contributed by atoms with E-state index in [-0.39, 0.29) is 24.2 Å². The maximum atomic E-state index is 12.7. The van der Waals surface area contributed by atoms with Crippen LogP contribution < -0.4 is 16.0 Å². The average Bonchev–Trinajstić information content (AvgIpc) is 3.11. The normalized spacial score (nSPS) is 13.4. The minimum Gasteiger partial charge on any atom is -0.325 e. The van der Waals surface area contributed by atoms with Gasteiger partial charge in [0.05, 0.1) is 12.5 Å². The first-order valence-electron chi connectivity index (χ1n) is 9.11. The van der Waals surface area contributed by atoms with Gasteiger partial charge in [0.25, 0.3) is 0 Å². The van der Waals surface area contributed by atoms with E-state index in [1.807, 2.05) is 53.6 Å². The Morgan fingerprint density at radius 3 is 2.61 bits per heavy atom. The maximum absolute atomic E-state index is 12.7. The van der Waals surface area contributed by atoms with Crippen molar-refractivity contribution in [2.75, 3.05) is 28.8 Å². The van der Waals surface area contributed by atoms with Gasteiger partial charge in [0.1, 0.15) is 0 Å². The van der Waals surface area contributed by atoms with Gasteiger partial charge in [-0.3, -0.25) is 9.59 Å². The number of rotatable bonds is 7. The van der Waals surface area contributed by atoms with Crippen molar-refractivity contribution < 1.29 is 9.59 Å². The number of amides is 2. The molecule has 0 saturated carbocycles. The standard InChI is InChI=1S/C21H25N3O2S.ClH/c1-27-13-11-18(22)21(26)23-17-8-6-15(7-9-17)14-20(25)24-12-10-16-4-2-3-5-19(16)24;/h2-9,18H,10-14,22H2,1H3,(H,23,26);1H/t18-;/m0./s1. The van der Waals surface area contributed by atoms with Gasteiger partial charge >= 0.3 is 0 Å². The van der Waals surface area contributed by atoms with Crippen LogP contribution in [0.2, 0.25) is 0 Å². The molecule has 1 aliphatic heterocycles. The lowest BCUT2D eigenvalue weighted by atomic mass is 10.1. The zero-order chi connectivity index (χ0) is 19.2. The molecule has 0 unspecified atom stereocenters. The third-order valence-corrected chi connectivity index (χ3v) is 5.38. The van der Waals surface area contributed by atoms with E-state index in [4.69, 9.17) is 5.73 Å². The average molecular weight is 420 g/mol. The second-order valence-electron chi connectivity index (χ2n) is 6.68. The maximum Gasteiger partial charge on any atom is 0.241 e. The van der Waals surface area contributed by atoms with Gasteiger partial charge in [-0.2, -0.15) is 11.8 Å². The third kappa shape index (κ3) is 5.50. The molecular weight excluding hydrogens is 394 g/mol. The van der Waals surface area contributed by atoms with E-state index < -0.39 is 6.04 Å². The highest BCUT2D eigenvalue weighted by Crippen LogP contribution is 2.28. The van der Waals surface area contributed by atoms with Crippen molar-refractivity contribution >= 4 is 47.4 Å². The minimum absolute atomic E-state index is 0. The molecule has 0 aromatic heterocycles. The summed E-state index contributed by atoms with van der Waals surface area (Å²) in [7, 11) is 0. The molecular formula is C21H26ClN3O2S. The first kappa shape index (κ1) is 22.3. The van der Waals surface area contributed by atoms with Crippen molar-refractivity contribution in [3.63, 3.8) is 0 Å². The molecule has 1 atom stereocenters. The number of halogens is 1. The molecule has 1 heterocycles. The van der Waals surface area contributed by atoms with Crippen LogP contribution in [0.15, 0.2) is 48.5 Å². The Morgan fingerprint density at radius 1 is 1.18 bits per heavy atom. The lowest BCUT2D eigenvalue weighted by Gasteiger charge is -2.17. The fraction of sp³-hybridized carbons (Fsp3) is 0.333. The molecule has 1 aliphatic rings. The third-order valence-electron chi connectivity index (χ3n) is 4.73. The van der Waals surface area contributed by atoms with Crippen LogP contribution in [-0.2, 0) is 22.4 Å². The van der Waals surface area contributed by atoms with E-state index >= 15 is 0 Å². The summed E-state index contributed by atoms with van der Waals surface area (Å²) in [5.41, 5.74) is 9.74. The fourth-order valence-electron chi connectivity index (χ4n) is 3.18. The molecule has 28 heavy (non-hydrogen) atoms. The molecule has 3 N–H and O–H groups in total. The summed E-state index contributed by atoms with van der Waals surface area (Å²) in [4.78, 5) is 26.6. The summed E-state index contributed by atoms with van der Waals surface area (Å²) in [5.74, 6) is 0.771. The highest BCUT2D eigenvalue weighted by Gasteiger charge is 2.24. The summed E-state index contributed by atoms with van der Waals surface area (Å²) in [6, 6.07) is 14.9. The van der Waals surface area contributed by atoms with E-state index in [0.29, 0.717) is 18.5 Å². The number of benzene rings is 2. The van der Waals surface area contributed by atoms with Crippen LogP contribution in [0.5, 0.6) is 0 Å². The number of hydrogen-bond donors (Lipinski definition) is 2. The number of hydrogen-bond acceptors (Lipinski definition) is 4. The van der Waals surface area contributed by atoms with Gasteiger partial charge in [-0.1, -0.05) is 30.3 Å². The number of anilines is 2. The Morgan fingerprint density at radius 2 is 1.89 bits per heavy atom. The Labute approximate surface area is 176 Å². The van der Waals surface area contributed by atoms with Gasteiger partial charge < -0.3 is 16.0 Å². The second kappa shape index (κ2) is 10.5. The van der Waals surface area contributed by atoms with Gasteiger partial charge in [0, 0.05) is 17.9 Å². The van der Waals surface area contributed by atoms with Crippen LogP contribution in [0.25, 0.3) is 0 Å². The molecule has 5 nitrogen and oxygen atoms in total. The van der Waals surface area contributed by atoms with Crippen molar-refractivity contribution in [1.29, 1.82) is 0 Å². The summed E-state index contributed by atoms with van der Waals surface area (Å²) in [5, 5.41) is 2.83. The lowest BCUT2D eigenvalue weighted by molar-refractivity contribution is -0.118. The largest absolute Gasteiger partial charge is 0.325 e. The summed E-state index contributed by atoms with van der Waals surface area (Å²) in [6.45, 7) is 0.736. The molecule has 7 heteroatoms. The number of fused-ring (bicyclic) bond motifs is 1. The van der Waals surface area contributed by atoms with Gasteiger partial charge in [0.15, 0.2) is 0 Å². The van der Waals surface area contributed by atoms with E-state index in [2.05, 4.69) is 11.4 Å². The smallest absolute Gasteiger partial charge is 0.241 e. The predicted molar refractivity (Wildman–Crippen MR) is 119 cm³/mol. The number of carbonyl (C=O) groups excluding carboxylic acids is 2. The van der Waals surface area contributed by atoms with Gasteiger partial charge in [-0.15, -0.1) is 12.4 Å². The molecule has 0 fully saturated rings. The van der Waals surface area contributed by atoms with Crippen LogP contribution in [0, 0.1) is 0 Å². The van der Waals surface area contributed by atoms with Crippen molar-refractivity contribution in [1.82, 2.24) is 0 Å². The molecule has 2 aromatic carbocycles. The predicted octanol–water partition coefficient (Wildman–Crippen LogP) is 3.26. The van der Waals surface area contributed by atoms with E-state index in [9.17, 15) is 9.59 Å². The topological polar surface area (TPSA) is 75.4 Å². The van der Waals surface area contributed by atoms with Crippen molar-refractivity contribution in [2.24, 2.45) is 5.73 Å². The molecule has 3 rings (SSSR count). The second-order valence-corrected chi connectivity index (χ2v) is 7.66. The summed E-state index contributed by atoms with van der Waals surface area (Å²) < 4.78 is 0. The van der Waals surface area contributed by atoms with E-state index in [1.165, 1.54) is 5.56 Å². The molecule has 2 amide bonds. The first-order chi connectivity index (χ1) is 13.1. The van der Waals surface area contributed by atoms with Gasteiger partial charge in [-0.05, 0) is 54.2 Å². The first-order valence-corrected chi connectivity index (χ1v) is 10.5.